The molecule has 2 amide bonds. The van der Waals surface area contributed by atoms with Gasteiger partial charge in [0.25, 0.3) is 10.2 Å². The number of hydrogen-bond acceptors (Lipinski definition) is 6. The fraction of sp³-hybridized carbons (Fsp3) is 0.652. The lowest BCUT2D eigenvalue weighted by atomic mass is 9.97. The average Bonchev–Trinajstić information content (AvgIpc) is 3.27. The predicted octanol–water partition coefficient (Wildman–Crippen LogP) is 1.19. The van der Waals surface area contributed by atoms with Gasteiger partial charge in [-0.05, 0) is 50.3 Å². The van der Waals surface area contributed by atoms with Crippen LogP contribution in [0, 0.1) is 5.92 Å². The van der Waals surface area contributed by atoms with Gasteiger partial charge in [-0.3, -0.25) is 9.59 Å². The number of carbonyl (C=O) groups is 2. The Kier molecular flexibility index (Phi) is 8.01. The van der Waals surface area contributed by atoms with Crippen molar-refractivity contribution >= 4 is 43.5 Å². The number of amides is 2. The number of nitrogens with one attached hydrogen (secondary N) is 1. The van der Waals surface area contributed by atoms with Crippen molar-refractivity contribution in [2.75, 3.05) is 39.0 Å². The molecule has 1 aromatic carbocycles. The summed E-state index contributed by atoms with van der Waals surface area (Å²) in [6.45, 7) is 2.53. The van der Waals surface area contributed by atoms with Crippen molar-refractivity contribution in [3.8, 4) is 0 Å². The molecule has 3 aliphatic rings. The summed E-state index contributed by atoms with van der Waals surface area (Å²) in [4.78, 5) is 28.1. The summed E-state index contributed by atoms with van der Waals surface area (Å²) in [6.07, 6.45) is 3.44. The molecule has 3 aliphatic heterocycles. The smallest absolute Gasteiger partial charge is 0.282 e. The third kappa shape index (κ3) is 5.72. The first kappa shape index (κ1) is 27.3. The first-order valence-corrected chi connectivity index (χ1v) is 15.9. The molecule has 0 bridgehead atoms. The lowest BCUT2D eigenvalue weighted by Crippen LogP contribution is -2.61. The Balaban J connectivity index is 1.37. The minimum Gasteiger partial charge on any atom is -0.348 e. The van der Waals surface area contributed by atoms with Gasteiger partial charge in [-0.15, -0.1) is 0 Å². The first-order chi connectivity index (χ1) is 16.9. The van der Waals surface area contributed by atoms with Crippen LogP contribution in [-0.2, 0) is 29.6 Å². The first-order valence-electron chi connectivity index (χ1n) is 12.2. The molecule has 0 saturated carbocycles. The molecule has 3 saturated heterocycles. The molecular weight excluding hydrogens is 528 g/mol. The Hall–Kier alpha value is -1.73. The van der Waals surface area contributed by atoms with Crippen LogP contribution in [0.1, 0.15) is 44.2 Å². The SMILES string of the molecule is CC(NC(=O)[C@H]1CCCN1C(=O)[C@H]1CCCN(S(=O)(=O)N2CC(S(C)(=O)=O)C2)C1)c1ccc(Cl)cc1. The Labute approximate surface area is 218 Å². The molecule has 36 heavy (non-hydrogen) atoms. The van der Waals surface area contributed by atoms with Crippen LogP contribution in [0.2, 0.25) is 5.02 Å². The molecular formula is C23H33ClN4O6S2. The fourth-order valence-electron chi connectivity index (χ4n) is 5.06. The number of nitrogens with zero attached hydrogens (tertiary/aromatic N) is 3. The van der Waals surface area contributed by atoms with Crippen LogP contribution in [0.3, 0.4) is 0 Å². The minimum atomic E-state index is -3.85. The maximum absolute atomic E-state index is 13.4. The lowest BCUT2D eigenvalue weighted by Gasteiger charge is -2.42. The highest BCUT2D eigenvalue weighted by Crippen LogP contribution is 2.29. The second kappa shape index (κ2) is 10.6. The number of benzene rings is 1. The lowest BCUT2D eigenvalue weighted by molar-refractivity contribution is -0.142. The highest BCUT2D eigenvalue weighted by atomic mass is 35.5. The second-order valence-corrected chi connectivity index (χ2v) is 14.6. The maximum atomic E-state index is 13.4. The van der Waals surface area contributed by atoms with Crippen molar-refractivity contribution in [2.45, 2.75) is 49.9 Å². The third-order valence-electron chi connectivity index (χ3n) is 7.37. The Morgan fingerprint density at radius 1 is 0.972 bits per heavy atom. The quantitative estimate of drug-likeness (QED) is 0.534. The Bertz CT molecular complexity index is 1200. The van der Waals surface area contributed by atoms with E-state index in [2.05, 4.69) is 5.32 Å². The molecule has 0 aromatic heterocycles. The number of sulfone groups is 1. The summed E-state index contributed by atoms with van der Waals surface area (Å²) in [6, 6.07) is 6.36. The van der Waals surface area contributed by atoms with E-state index >= 15 is 0 Å². The van der Waals surface area contributed by atoms with Crippen LogP contribution in [0.15, 0.2) is 24.3 Å². The van der Waals surface area contributed by atoms with Gasteiger partial charge in [-0.25, -0.2) is 8.42 Å². The number of rotatable bonds is 7. The average molecular weight is 561 g/mol. The van der Waals surface area contributed by atoms with E-state index in [9.17, 15) is 26.4 Å². The van der Waals surface area contributed by atoms with E-state index in [4.69, 9.17) is 11.6 Å². The van der Waals surface area contributed by atoms with Crippen molar-refractivity contribution in [3.63, 3.8) is 0 Å². The number of likely N-dealkylation sites (tertiary alicyclic amines) is 1. The van der Waals surface area contributed by atoms with E-state index in [0.717, 1.165) is 16.1 Å². The van der Waals surface area contributed by atoms with Crippen molar-refractivity contribution < 1.29 is 26.4 Å². The molecule has 3 heterocycles. The van der Waals surface area contributed by atoms with Gasteiger partial charge < -0.3 is 10.2 Å². The summed E-state index contributed by atoms with van der Waals surface area (Å²) in [5.74, 6) is -0.970. The van der Waals surface area contributed by atoms with Gasteiger partial charge in [0, 0.05) is 44.0 Å². The minimum absolute atomic E-state index is 0.0349. The van der Waals surface area contributed by atoms with Gasteiger partial charge in [0.15, 0.2) is 9.84 Å². The van der Waals surface area contributed by atoms with E-state index < -0.39 is 37.3 Å². The summed E-state index contributed by atoms with van der Waals surface area (Å²) in [5, 5.41) is 2.91. The zero-order chi connectivity index (χ0) is 26.3. The van der Waals surface area contributed by atoms with E-state index in [0.29, 0.717) is 37.3 Å². The molecule has 1 aromatic rings. The van der Waals surface area contributed by atoms with Crippen LogP contribution in [0.4, 0.5) is 0 Å². The number of piperidine rings is 1. The monoisotopic (exact) mass is 560 g/mol. The van der Waals surface area contributed by atoms with Crippen molar-refractivity contribution in [2.24, 2.45) is 5.92 Å². The van der Waals surface area contributed by atoms with E-state index in [1.807, 2.05) is 19.1 Å². The number of halogens is 1. The zero-order valence-electron chi connectivity index (χ0n) is 20.5. The highest BCUT2D eigenvalue weighted by molar-refractivity contribution is 7.91. The summed E-state index contributed by atoms with van der Waals surface area (Å²) in [5.41, 5.74) is 0.904. The molecule has 4 rings (SSSR count). The number of hydrogen-bond donors (Lipinski definition) is 1. The molecule has 3 atom stereocenters. The van der Waals surface area contributed by atoms with Gasteiger partial charge in [-0.1, -0.05) is 23.7 Å². The molecule has 200 valence electrons. The van der Waals surface area contributed by atoms with E-state index in [-0.39, 0.29) is 44.0 Å². The van der Waals surface area contributed by atoms with Crippen LogP contribution in [0.5, 0.6) is 0 Å². The Morgan fingerprint density at radius 2 is 1.61 bits per heavy atom. The molecule has 13 heteroatoms. The molecule has 1 unspecified atom stereocenters. The van der Waals surface area contributed by atoms with Crippen molar-refractivity contribution in [1.82, 2.24) is 18.8 Å². The normalized spacial score (nSPS) is 25.4. The van der Waals surface area contributed by atoms with Crippen molar-refractivity contribution in [3.05, 3.63) is 34.9 Å². The maximum Gasteiger partial charge on any atom is 0.282 e. The van der Waals surface area contributed by atoms with E-state index in [1.54, 1.807) is 17.0 Å². The molecule has 0 radical (unpaired) electrons. The molecule has 1 N–H and O–H groups in total. The standard InChI is InChI=1S/C23H33ClN4O6S2/c1-16(17-7-9-19(24)10-8-17)25-22(29)21-6-4-12-28(21)23(30)18-5-3-11-26(13-18)36(33,34)27-14-20(15-27)35(2,31)32/h7-10,16,18,20-21H,3-6,11-15H2,1-2H3,(H,25,29)/t16?,18-,21+/m0/s1. The molecule has 3 fully saturated rings. The van der Waals surface area contributed by atoms with Gasteiger partial charge >= 0.3 is 0 Å². The van der Waals surface area contributed by atoms with E-state index in [1.165, 1.54) is 4.31 Å². The molecule has 0 spiro atoms. The topological polar surface area (TPSA) is 124 Å². The van der Waals surface area contributed by atoms with Gasteiger partial charge in [0.2, 0.25) is 11.8 Å². The van der Waals surface area contributed by atoms with Gasteiger partial charge in [-0.2, -0.15) is 17.0 Å². The van der Waals surface area contributed by atoms with Crippen LogP contribution in [0.25, 0.3) is 0 Å². The Morgan fingerprint density at radius 3 is 2.25 bits per heavy atom. The van der Waals surface area contributed by atoms with Crippen LogP contribution >= 0.6 is 11.6 Å². The van der Waals surface area contributed by atoms with Gasteiger partial charge in [0.05, 0.1) is 17.2 Å². The molecule has 10 nitrogen and oxygen atoms in total. The van der Waals surface area contributed by atoms with Gasteiger partial charge in [0.1, 0.15) is 6.04 Å². The van der Waals surface area contributed by atoms with Crippen LogP contribution < -0.4 is 5.32 Å². The second-order valence-electron chi connectivity index (χ2n) is 9.94. The highest BCUT2D eigenvalue weighted by Gasteiger charge is 2.46. The van der Waals surface area contributed by atoms with Crippen molar-refractivity contribution in [1.29, 1.82) is 0 Å². The zero-order valence-corrected chi connectivity index (χ0v) is 22.9. The molecule has 0 aliphatic carbocycles. The number of carbonyl (C=O) groups excluding carboxylic acids is 2. The summed E-state index contributed by atoms with van der Waals surface area (Å²) < 4.78 is 51.9. The summed E-state index contributed by atoms with van der Waals surface area (Å²) in [7, 11) is -7.14. The largest absolute Gasteiger partial charge is 0.348 e. The third-order valence-corrected chi connectivity index (χ3v) is 11.1. The summed E-state index contributed by atoms with van der Waals surface area (Å²) >= 11 is 5.95. The fourth-order valence-corrected chi connectivity index (χ4v) is 8.07. The van der Waals surface area contributed by atoms with Crippen LogP contribution in [-0.4, -0.2) is 92.4 Å². The predicted molar refractivity (Wildman–Crippen MR) is 136 cm³/mol.